The van der Waals surface area contributed by atoms with Crippen LogP contribution in [0.5, 0.6) is 0 Å². The molecule has 1 rings (SSSR count). The molecule has 0 aromatic rings. The summed E-state index contributed by atoms with van der Waals surface area (Å²) in [5.41, 5.74) is 0.730. The summed E-state index contributed by atoms with van der Waals surface area (Å²) in [5, 5.41) is 39.6. The fraction of sp³-hybridized carbons (Fsp3) is 0.591. The molecule has 0 aromatic carbocycles. The Bertz CT molecular complexity index is 687. The van der Waals surface area contributed by atoms with Crippen molar-refractivity contribution in [1.82, 2.24) is 4.90 Å². The fourth-order valence-electron chi connectivity index (χ4n) is 3.03. The minimum atomic E-state index is -1.88. The quantitative estimate of drug-likeness (QED) is 0.236. The third-order valence-corrected chi connectivity index (χ3v) is 5.07. The average Bonchev–Trinajstić information content (AvgIpc) is 2.64. The lowest BCUT2D eigenvalue weighted by Gasteiger charge is -2.25. The Morgan fingerprint density at radius 1 is 1.33 bits per heavy atom. The van der Waals surface area contributed by atoms with E-state index in [9.17, 15) is 29.6 Å². The van der Waals surface area contributed by atoms with Crippen LogP contribution in [0.2, 0.25) is 0 Å². The lowest BCUT2D eigenvalue weighted by molar-refractivity contribution is -0.150. The molecule has 0 radical (unpaired) electrons. The van der Waals surface area contributed by atoms with Gasteiger partial charge in [0.15, 0.2) is 0 Å². The van der Waals surface area contributed by atoms with Gasteiger partial charge in [0, 0.05) is 25.7 Å². The summed E-state index contributed by atoms with van der Waals surface area (Å²) in [7, 11) is 3.60. The molecule has 0 amide bonds. The Balaban J connectivity index is 3.17. The van der Waals surface area contributed by atoms with Gasteiger partial charge in [-0.05, 0) is 37.8 Å². The van der Waals surface area contributed by atoms with Gasteiger partial charge in [-0.1, -0.05) is 25.7 Å². The van der Waals surface area contributed by atoms with Gasteiger partial charge in [-0.2, -0.15) is 0 Å². The van der Waals surface area contributed by atoms with Crippen molar-refractivity contribution in [2.75, 3.05) is 14.1 Å². The van der Waals surface area contributed by atoms with Crippen molar-refractivity contribution in [2.45, 2.75) is 57.5 Å². The first-order valence-electron chi connectivity index (χ1n) is 9.95. The van der Waals surface area contributed by atoms with Gasteiger partial charge in [-0.15, -0.1) is 0 Å². The minimum Gasteiger partial charge on any atom is -0.509 e. The highest BCUT2D eigenvalue weighted by Crippen LogP contribution is 2.24. The van der Waals surface area contributed by atoms with Gasteiger partial charge in [0.2, 0.25) is 0 Å². The zero-order valence-electron chi connectivity index (χ0n) is 18.0. The van der Waals surface area contributed by atoms with Crippen molar-refractivity contribution in [2.24, 2.45) is 11.8 Å². The minimum absolute atomic E-state index is 0.0319. The number of cyclic esters (lactones) is 1. The van der Waals surface area contributed by atoms with Gasteiger partial charge in [-0.25, -0.2) is 4.39 Å². The summed E-state index contributed by atoms with van der Waals surface area (Å²) >= 11 is 0. The van der Waals surface area contributed by atoms with E-state index in [0.29, 0.717) is 6.42 Å². The molecule has 0 aromatic heterocycles. The van der Waals surface area contributed by atoms with Crippen LogP contribution in [0.25, 0.3) is 0 Å². The smallest absolute Gasteiger partial charge is 0.306 e. The standard InChI is InChI=1S/C22H34FNO6/c1-13-9-18(23)21(28)22(29)19(26)8-6-7-16(12-20(27)30-15(13)3)11-17(24(4)5)10-14(2)25/h6-7,9-10,13,15-16,19,21-22,25-26,28-29H,2,8,11-12H2,1,3-5H3/b7-6+,17-10+,18-9+. The zero-order valence-corrected chi connectivity index (χ0v) is 18.0. The molecule has 7 nitrogen and oxygen atoms in total. The van der Waals surface area contributed by atoms with Gasteiger partial charge in [-0.3, -0.25) is 4.79 Å². The zero-order chi connectivity index (χ0) is 23.0. The summed E-state index contributed by atoms with van der Waals surface area (Å²) in [4.78, 5) is 14.2. The number of rotatable bonds is 4. The largest absolute Gasteiger partial charge is 0.509 e. The molecular weight excluding hydrogens is 393 g/mol. The SMILES string of the molecule is C=C(O)/C=C(\CC1/C=C/CC(O)C(O)C(O)/C(F)=C\C(C)C(C)OC(=O)C1)N(C)C. The summed E-state index contributed by atoms with van der Waals surface area (Å²) in [6.45, 7) is 6.69. The van der Waals surface area contributed by atoms with Crippen molar-refractivity contribution >= 4 is 5.97 Å². The van der Waals surface area contributed by atoms with Crippen molar-refractivity contribution in [3.63, 3.8) is 0 Å². The Morgan fingerprint density at radius 2 is 1.97 bits per heavy atom. The second-order valence-corrected chi connectivity index (χ2v) is 7.96. The lowest BCUT2D eigenvalue weighted by Crippen LogP contribution is -2.38. The number of aliphatic hydroxyl groups excluding tert-OH is 4. The molecule has 6 unspecified atom stereocenters. The summed E-state index contributed by atoms with van der Waals surface area (Å²) in [6, 6.07) is 0. The van der Waals surface area contributed by atoms with E-state index in [0.717, 1.165) is 11.8 Å². The first-order chi connectivity index (χ1) is 13.9. The van der Waals surface area contributed by atoms with E-state index >= 15 is 0 Å². The molecule has 170 valence electrons. The number of nitrogens with zero attached hydrogens (tertiary/aromatic N) is 1. The molecule has 1 heterocycles. The molecule has 0 saturated carbocycles. The third-order valence-electron chi connectivity index (χ3n) is 5.07. The number of hydrogen-bond acceptors (Lipinski definition) is 7. The monoisotopic (exact) mass is 427 g/mol. The van der Waals surface area contributed by atoms with Crippen LogP contribution in [-0.4, -0.2) is 69.8 Å². The van der Waals surface area contributed by atoms with E-state index in [4.69, 9.17) is 4.74 Å². The predicted molar refractivity (Wildman–Crippen MR) is 112 cm³/mol. The maximum atomic E-state index is 14.2. The van der Waals surface area contributed by atoms with Crippen LogP contribution in [0.15, 0.2) is 48.2 Å². The topological polar surface area (TPSA) is 110 Å². The molecule has 0 fully saturated rings. The number of carbonyl (C=O) groups excluding carboxylic acids is 1. The summed E-state index contributed by atoms with van der Waals surface area (Å²) < 4.78 is 19.6. The van der Waals surface area contributed by atoms with Gasteiger partial charge in [0.05, 0.1) is 12.5 Å². The maximum Gasteiger partial charge on any atom is 0.306 e. The number of carbonyl (C=O) groups is 1. The van der Waals surface area contributed by atoms with Crippen LogP contribution in [0.4, 0.5) is 4.39 Å². The number of allylic oxidation sites excluding steroid dienone is 3. The number of halogens is 1. The molecule has 0 spiro atoms. The average molecular weight is 428 g/mol. The molecule has 6 atom stereocenters. The molecule has 4 N–H and O–H groups in total. The first kappa shape index (κ1) is 25.9. The van der Waals surface area contributed by atoms with Crippen LogP contribution in [-0.2, 0) is 9.53 Å². The second-order valence-electron chi connectivity index (χ2n) is 7.96. The van der Waals surface area contributed by atoms with Crippen LogP contribution < -0.4 is 0 Å². The van der Waals surface area contributed by atoms with Gasteiger partial charge < -0.3 is 30.1 Å². The molecule has 30 heavy (non-hydrogen) atoms. The number of aliphatic hydroxyl groups is 4. The van der Waals surface area contributed by atoms with Gasteiger partial charge in [0.1, 0.15) is 29.9 Å². The molecule has 0 bridgehead atoms. The van der Waals surface area contributed by atoms with E-state index in [1.54, 1.807) is 45.0 Å². The van der Waals surface area contributed by atoms with E-state index in [1.165, 1.54) is 6.08 Å². The van der Waals surface area contributed by atoms with Gasteiger partial charge in [0.25, 0.3) is 0 Å². The highest BCUT2D eigenvalue weighted by molar-refractivity contribution is 5.70. The van der Waals surface area contributed by atoms with Crippen molar-refractivity contribution in [1.29, 1.82) is 0 Å². The Hall–Kier alpha value is -2.16. The van der Waals surface area contributed by atoms with Crippen LogP contribution >= 0.6 is 0 Å². The summed E-state index contributed by atoms with van der Waals surface area (Å²) in [5.74, 6) is -2.45. The van der Waals surface area contributed by atoms with Gasteiger partial charge >= 0.3 is 5.97 Å². The fourth-order valence-corrected chi connectivity index (χ4v) is 3.03. The van der Waals surface area contributed by atoms with E-state index in [1.807, 2.05) is 0 Å². The molecule has 0 saturated heterocycles. The molecular formula is C22H34FNO6. The van der Waals surface area contributed by atoms with Crippen LogP contribution in [0.3, 0.4) is 0 Å². The first-order valence-corrected chi connectivity index (χ1v) is 9.95. The molecule has 1 aliphatic heterocycles. The molecule has 0 aliphatic carbocycles. The van der Waals surface area contributed by atoms with Crippen LogP contribution in [0, 0.1) is 11.8 Å². The number of esters is 1. The number of hydrogen-bond donors (Lipinski definition) is 4. The van der Waals surface area contributed by atoms with E-state index < -0.39 is 42.1 Å². The Kier molecular flexibility index (Phi) is 10.2. The molecule has 1 aliphatic rings. The third kappa shape index (κ3) is 8.30. The van der Waals surface area contributed by atoms with Crippen molar-refractivity contribution < 1.29 is 34.3 Å². The maximum absolute atomic E-state index is 14.2. The Labute approximate surface area is 177 Å². The van der Waals surface area contributed by atoms with Crippen LogP contribution in [0.1, 0.15) is 33.1 Å². The summed E-state index contributed by atoms with van der Waals surface area (Å²) in [6.07, 6.45) is 0.592. The van der Waals surface area contributed by atoms with Crippen molar-refractivity contribution in [3.05, 3.63) is 48.2 Å². The Morgan fingerprint density at radius 3 is 2.53 bits per heavy atom. The lowest BCUT2D eigenvalue weighted by atomic mass is 9.95. The highest BCUT2D eigenvalue weighted by Gasteiger charge is 2.29. The van der Waals surface area contributed by atoms with Crippen molar-refractivity contribution in [3.8, 4) is 0 Å². The molecule has 8 heteroatoms. The number of ether oxygens (including phenoxy) is 1. The predicted octanol–water partition coefficient (Wildman–Crippen LogP) is 2.36. The highest BCUT2D eigenvalue weighted by atomic mass is 19.1. The van der Waals surface area contributed by atoms with E-state index in [2.05, 4.69) is 6.58 Å². The van der Waals surface area contributed by atoms with E-state index in [-0.39, 0.29) is 24.5 Å². The second kappa shape index (κ2) is 11.9. The normalized spacial score (nSPS) is 34.9.